The fourth-order valence-corrected chi connectivity index (χ4v) is 3.13. The lowest BCUT2D eigenvalue weighted by Gasteiger charge is -2.21. The summed E-state index contributed by atoms with van der Waals surface area (Å²) in [5.41, 5.74) is -0.329. The smallest absolute Gasteiger partial charge is 0.327 e. The van der Waals surface area contributed by atoms with Crippen LogP contribution >= 0.6 is 0 Å². The third kappa shape index (κ3) is 3.83. The Labute approximate surface area is 161 Å². The molecule has 8 nitrogen and oxygen atoms in total. The first-order valence-electron chi connectivity index (χ1n) is 9.02. The Bertz CT molecular complexity index is 854. The third-order valence-corrected chi connectivity index (χ3v) is 5.10. The molecular formula is C19H22FN3O5. The third-order valence-electron chi connectivity index (χ3n) is 5.10. The molecule has 1 heterocycles. The maximum absolute atomic E-state index is 13.6. The maximum atomic E-state index is 13.6. The van der Waals surface area contributed by atoms with Gasteiger partial charge in [-0.1, -0.05) is 6.07 Å². The topological polar surface area (TPSA) is 105 Å². The lowest BCUT2D eigenvalue weighted by Crippen LogP contribution is -2.46. The molecule has 1 aliphatic carbocycles. The number of hydrogen-bond donors (Lipinski definition) is 2. The Morgan fingerprint density at radius 1 is 1.39 bits per heavy atom. The molecular weight excluding hydrogens is 369 g/mol. The Kier molecular flexibility index (Phi) is 5.10. The van der Waals surface area contributed by atoms with E-state index in [0.29, 0.717) is 5.56 Å². The number of aryl methyl sites for hydroxylation is 1. The lowest BCUT2D eigenvalue weighted by atomic mass is 9.96. The molecule has 3 rings (SSSR count). The van der Waals surface area contributed by atoms with Crippen LogP contribution in [0.5, 0.6) is 0 Å². The Hall–Kier alpha value is -2.97. The van der Waals surface area contributed by atoms with E-state index in [9.17, 15) is 23.6 Å². The second-order valence-corrected chi connectivity index (χ2v) is 7.38. The van der Waals surface area contributed by atoms with Gasteiger partial charge in [-0.15, -0.1) is 0 Å². The summed E-state index contributed by atoms with van der Waals surface area (Å²) in [5, 5.41) is 5.08. The molecule has 2 N–H and O–H groups in total. The van der Waals surface area contributed by atoms with Crippen molar-refractivity contribution in [3.63, 3.8) is 0 Å². The van der Waals surface area contributed by atoms with E-state index in [1.54, 1.807) is 13.8 Å². The molecule has 1 aromatic carbocycles. The number of rotatable bonds is 6. The first kappa shape index (κ1) is 19.8. The summed E-state index contributed by atoms with van der Waals surface area (Å²) in [6.07, 6.45) is 0.502. The number of carbonyl (C=O) groups is 4. The molecule has 0 spiro atoms. The van der Waals surface area contributed by atoms with Crippen LogP contribution in [0.4, 0.5) is 14.9 Å². The molecule has 2 fully saturated rings. The van der Waals surface area contributed by atoms with E-state index in [0.717, 1.165) is 23.8 Å². The van der Waals surface area contributed by atoms with Crippen LogP contribution in [0.3, 0.4) is 0 Å². The highest BCUT2D eigenvalue weighted by molar-refractivity contribution is 6.09. The summed E-state index contributed by atoms with van der Waals surface area (Å²) in [7, 11) is 0. The fourth-order valence-electron chi connectivity index (χ4n) is 3.13. The predicted molar refractivity (Wildman–Crippen MR) is 96.7 cm³/mol. The average Bonchev–Trinajstić information content (AvgIpc) is 3.44. The number of benzene rings is 1. The van der Waals surface area contributed by atoms with Crippen LogP contribution in [-0.4, -0.2) is 46.9 Å². The summed E-state index contributed by atoms with van der Waals surface area (Å²) >= 11 is 0. The Balaban J connectivity index is 1.55. The van der Waals surface area contributed by atoms with Gasteiger partial charge in [-0.2, -0.15) is 0 Å². The molecule has 0 unspecified atom stereocenters. The van der Waals surface area contributed by atoms with E-state index in [-0.39, 0.29) is 11.6 Å². The minimum absolute atomic E-state index is 0.0737. The van der Waals surface area contributed by atoms with Gasteiger partial charge in [-0.3, -0.25) is 19.3 Å². The molecule has 1 saturated heterocycles. The second kappa shape index (κ2) is 7.21. The largest absolute Gasteiger partial charge is 0.451 e. The molecule has 1 saturated carbocycles. The number of carbonyl (C=O) groups excluding carboxylic acids is 4. The molecule has 1 aromatic rings. The number of halogens is 1. The normalized spacial score (nSPS) is 22.6. The number of amides is 4. The first-order valence-corrected chi connectivity index (χ1v) is 9.02. The van der Waals surface area contributed by atoms with Gasteiger partial charge in [0.25, 0.3) is 11.8 Å². The molecule has 28 heavy (non-hydrogen) atoms. The number of nitrogens with zero attached hydrogens (tertiary/aromatic N) is 1. The number of anilines is 1. The van der Waals surface area contributed by atoms with Gasteiger partial charge >= 0.3 is 12.0 Å². The SMILES string of the molecule is Cc1ccc(NC(=O)[C@@H](C)OC(=O)CN2C(=O)N[C@@](C)(C3CC3)C2=O)cc1F. The molecule has 4 amide bonds. The van der Waals surface area contributed by atoms with Gasteiger partial charge in [-0.05, 0) is 57.2 Å². The van der Waals surface area contributed by atoms with E-state index < -0.39 is 47.8 Å². The van der Waals surface area contributed by atoms with Crippen LogP contribution in [0.2, 0.25) is 0 Å². The zero-order valence-electron chi connectivity index (χ0n) is 15.9. The zero-order valence-corrected chi connectivity index (χ0v) is 15.9. The van der Waals surface area contributed by atoms with Crippen LogP contribution in [0, 0.1) is 18.7 Å². The van der Waals surface area contributed by atoms with Crippen molar-refractivity contribution in [1.82, 2.24) is 10.2 Å². The fraction of sp³-hybridized carbons (Fsp3) is 0.474. The Morgan fingerprint density at radius 3 is 2.68 bits per heavy atom. The molecule has 0 bridgehead atoms. The summed E-state index contributed by atoms with van der Waals surface area (Å²) in [6.45, 7) is 4.00. The maximum Gasteiger partial charge on any atom is 0.327 e. The number of hydrogen-bond acceptors (Lipinski definition) is 5. The second-order valence-electron chi connectivity index (χ2n) is 7.38. The van der Waals surface area contributed by atoms with Crippen molar-refractivity contribution in [2.24, 2.45) is 5.92 Å². The van der Waals surface area contributed by atoms with Gasteiger partial charge in [0.1, 0.15) is 17.9 Å². The van der Waals surface area contributed by atoms with Crippen LogP contribution in [-0.2, 0) is 19.1 Å². The lowest BCUT2D eigenvalue weighted by molar-refractivity contribution is -0.155. The summed E-state index contributed by atoms with van der Waals surface area (Å²) in [4.78, 5) is 49.6. The van der Waals surface area contributed by atoms with Gasteiger partial charge in [0, 0.05) is 5.69 Å². The Morgan fingerprint density at radius 2 is 2.07 bits per heavy atom. The first-order chi connectivity index (χ1) is 13.1. The van der Waals surface area contributed by atoms with Gasteiger partial charge in [0.05, 0.1) is 0 Å². The number of ether oxygens (including phenoxy) is 1. The highest BCUT2D eigenvalue weighted by atomic mass is 19.1. The molecule has 1 aliphatic heterocycles. The highest BCUT2D eigenvalue weighted by Crippen LogP contribution is 2.42. The van der Waals surface area contributed by atoms with Crippen molar-refractivity contribution in [3.8, 4) is 0 Å². The number of esters is 1. The van der Waals surface area contributed by atoms with Crippen LogP contribution in [0.25, 0.3) is 0 Å². The molecule has 2 atom stereocenters. The average molecular weight is 391 g/mol. The van der Waals surface area contributed by atoms with E-state index in [1.807, 2.05) is 0 Å². The molecule has 9 heteroatoms. The minimum atomic E-state index is -1.19. The number of urea groups is 1. The molecule has 2 aliphatic rings. The summed E-state index contributed by atoms with van der Waals surface area (Å²) < 4.78 is 18.6. The molecule has 0 aromatic heterocycles. The van der Waals surface area contributed by atoms with E-state index >= 15 is 0 Å². The predicted octanol–water partition coefficient (Wildman–Crippen LogP) is 1.72. The van der Waals surface area contributed by atoms with Crippen molar-refractivity contribution in [1.29, 1.82) is 0 Å². The minimum Gasteiger partial charge on any atom is -0.451 e. The van der Waals surface area contributed by atoms with Crippen molar-refractivity contribution < 1.29 is 28.3 Å². The van der Waals surface area contributed by atoms with Crippen molar-refractivity contribution >= 4 is 29.5 Å². The summed E-state index contributed by atoms with van der Waals surface area (Å²) in [6, 6.07) is 3.55. The molecule has 0 radical (unpaired) electrons. The van der Waals surface area contributed by atoms with Crippen molar-refractivity contribution in [2.75, 3.05) is 11.9 Å². The van der Waals surface area contributed by atoms with Gasteiger partial charge in [-0.25, -0.2) is 9.18 Å². The van der Waals surface area contributed by atoms with E-state index in [1.165, 1.54) is 19.1 Å². The zero-order chi connectivity index (χ0) is 20.6. The van der Waals surface area contributed by atoms with Crippen LogP contribution < -0.4 is 10.6 Å². The summed E-state index contributed by atoms with van der Waals surface area (Å²) in [5.74, 6) is -2.41. The van der Waals surface area contributed by atoms with Gasteiger partial charge in [0.2, 0.25) is 0 Å². The quantitative estimate of drug-likeness (QED) is 0.568. The van der Waals surface area contributed by atoms with Crippen LogP contribution in [0.15, 0.2) is 18.2 Å². The highest BCUT2D eigenvalue weighted by Gasteiger charge is 2.56. The van der Waals surface area contributed by atoms with Gasteiger partial charge < -0.3 is 15.4 Å². The number of nitrogens with one attached hydrogen (secondary N) is 2. The van der Waals surface area contributed by atoms with Crippen molar-refractivity contribution in [2.45, 2.75) is 45.3 Å². The van der Waals surface area contributed by atoms with Gasteiger partial charge in [0.15, 0.2) is 6.10 Å². The standard InChI is InChI=1S/C19H22FN3O5/c1-10-4-7-13(8-14(10)20)21-16(25)11(2)28-15(24)9-23-17(26)19(3,12-5-6-12)22-18(23)27/h4,7-8,11-12H,5-6,9H2,1-3H3,(H,21,25)(H,22,27)/t11-,19+/m1/s1. The van der Waals surface area contributed by atoms with Crippen molar-refractivity contribution in [3.05, 3.63) is 29.6 Å². The van der Waals surface area contributed by atoms with Crippen LogP contribution in [0.1, 0.15) is 32.3 Å². The van der Waals surface area contributed by atoms with E-state index in [2.05, 4.69) is 10.6 Å². The van der Waals surface area contributed by atoms with E-state index in [4.69, 9.17) is 4.74 Å². The number of imide groups is 1. The molecule has 150 valence electrons. The monoisotopic (exact) mass is 391 g/mol.